The van der Waals surface area contributed by atoms with Gasteiger partial charge in [0.2, 0.25) is 0 Å². The Hall–Kier alpha value is -1.33. The number of hydrogen-bond acceptors (Lipinski definition) is 2. The first kappa shape index (κ1) is 12.1. The maximum absolute atomic E-state index is 8.91. The zero-order chi connectivity index (χ0) is 12.3. The molecule has 2 heteroatoms. The van der Waals surface area contributed by atoms with Crippen LogP contribution in [0.1, 0.15) is 44.2 Å². The predicted molar refractivity (Wildman–Crippen MR) is 69.5 cm³/mol. The minimum absolute atomic E-state index is 0.657. The molecule has 1 heterocycles. The molecule has 0 radical (unpaired) electrons. The molecule has 0 N–H and O–H groups in total. The van der Waals surface area contributed by atoms with Gasteiger partial charge in [0, 0.05) is 18.6 Å². The second kappa shape index (κ2) is 5.33. The number of benzene rings is 1. The number of likely N-dealkylation sites (tertiary alicyclic amines) is 1. The van der Waals surface area contributed by atoms with Crippen molar-refractivity contribution in [2.75, 3.05) is 0 Å². The number of hydrogen-bond donors (Lipinski definition) is 0. The van der Waals surface area contributed by atoms with Crippen LogP contribution in [0, 0.1) is 11.3 Å². The SMILES string of the molecule is CC1CCCC(C)N1Cc1cccc(C#N)c1. The molecule has 2 rings (SSSR count). The van der Waals surface area contributed by atoms with Gasteiger partial charge in [-0.15, -0.1) is 0 Å². The fraction of sp³-hybridized carbons (Fsp3) is 0.533. The lowest BCUT2D eigenvalue weighted by Gasteiger charge is -2.39. The molecule has 2 nitrogen and oxygen atoms in total. The lowest BCUT2D eigenvalue weighted by molar-refractivity contribution is 0.0953. The highest BCUT2D eigenvalue weighted by Crippen LogP contribution is 2.24. The number of piperidine rings is 1. The van der Waals surface area contributed by atoms with E-state index in [1.54, 1.807) is 0 Å². The van der Waals surface area contributed by atoms with Crippen LogP contribution in [0.25, 0.3) is 0 Å². The van der Waals surface area contributed by atoms with Gasteiger partial charge in [-0.05, 0) is 44.4 Å². The first-order valence-electron chi connectivity index (χ1n) is 6.45. The lowest BCUT2D eigenvalue weighted by atomic mass is 9.96. The van der Waals surface area contributed by atoms with E-state index in [1.165, 1.54) is 24.8 Å². The molecule has 0 amide bonds. The molecule has 1 saturated heterocycles. The van der Waals surface area contributed by atoms with Crippen LogP contribution < -0.4 is 0 Å². The Labute approximate surface area is 104 Å². The van der Waals surface area contributed by atoms with Crippen molar-refractivity contribution in [2.45, 2.75) is 51.7 Å². The van der Waals surface area contributed by atoms with E-state index in [1.807, 2.05) is 18.2 Å². The molecule has 0 aliphatic carbocycles. The molecule has 0 aromatic heterocycles. The molecule has 1 aliphatic heterocycles. The molecule has 2 atom stereocenters. The largest absolute Gasteiger partial charge is 0.294 e. The Morgan fingerprint density at radius 3 is 2.65 bits per heavy atom. The Morgan fingerprint density at radius 2 is 2.00 bits per heavy atom. The summed E-state index contributed by atoms with van der Waals surface area (Å²) >= 11 is 0. The normalized spacial score (nSPS) is 25.5. The smallest absolute Gasteiger partial charge is 0.0991 e. The van der Waals surface area contributed by atoms with Gasteiger partial charge in [-0.25, -0.2) is 0 Å². The van der Waals surface area contributed by atoms with E-state index in [2.05, 4.69) is 30.9 Å². The van der Waals surface area contributed by atoms with Gasteiger partial charge >= 0.3 is 0 Å². The van der Waals surface area contributed by atoms with Gasteiger partial charge in [-0.1, -0.05) is 18.6 Å². The first-order valence-corrected chi connectivity index (χ1v) is 6.45. The quantitative estimate of drug-likeness (QED) is 0.776. The summed E-state index contributed by atoms with van der Waals surface area (Å²) < 4.78 is 0. The topological polar surface area (TPSA) is 27.0 Å². The van der Waals surface area contributed by atoms with Crippen molar-refractivity contribution in [3.63, 3.8) is 0 Å². The molecule has 90 valence electrons. The molecule has 17 heavy (non-hydrogen) atoms. The third kappa shape index (κ3) is 2.87. The summed E-state index contributed by atoms with van der Waals surface area (Å²) in [6, 6.07) is 11.5. The van der Waals surface area contributed by atoms with E-state index in [0.717, 1.165) is 12.1 Å². The summed E-state index contributed by atoms with van der Waals surface area (Å²) in [5.74, 6) is 0. The fourth-order valence-corrected chi connectivity index (χ4v) is 2.74. The molecule has 1 aromatic rings. The van der Waals surface area contributed by atoms with Gasteiger partial charge in [0.05, 0.1) is 11.6 Å². The van der Waals surface area contributed by atoms with E-state index >= 15 is 0 Å². The monoisotopic (exact) mass is 228 g/mol. The zero-order valence-electron chi connectivity index (χ0n) is 10.7. The van der Waals surface area contributed by atoms with Crippen molar-refractivity contribution < 1.29 is 0 Å². The molecule has 0 bridgehead atoms. The van der Waals surface area contributed by atoms with Gasteiger partial charge < -0.3 is 0 Å². The fourth-order valence-electron chi connectivity index (χ4n) is 2.74. The Bertz CT molecular complexity index is 409. The second-order valence-corrected chi connectivity index (χ2v) is 5.11. The summed E-state index contributed by atoms with van der Waals surface area (Å²) in [6.45, 7) is 5.59. The third-order valence-corrected chi connectivity index (χ3v) is 3.80. The van der Waals surface area contributed by atoms with Crippen LogP contribution >= 0.6 is 0 Å². The number of nitriles is 1. The van der Waals surface area contributed by atoms with Gasteiger partial charge in [-0.2, -0.15) is 5.26 Å². The molecule has 0 spiro atoms. The summed E-state index contributed by atoms with van der Waals surface area (Å²) in [7, 11) is 0. The van der Waals surface area contributed by atoms with Crippen molar-refractivity contribution in [3.05, 3.63) is 35.4 Å². The van der Waals surface area contributed by atoms with Crippen LogP contribution in [-0.4, -0.2) is 17.0 Å². The van der Waals surface area contributed by atoms with E-state index < -0.39 is 0 Å². The Morgan fingerprint density at radius 1 is 1.29 bits per heavy atom. The lowest BCUT2D eigenvalue weighted by Crippen LogP contribution is -2.42. The average molecular weight is 228 g/mol. The highest BCUT2D eigenvalue weighted by atomic mass is 15.2. The minimum Gasteiger partial charge on any atom is -0.294 e. The summed E-state index contributed by atoms with van der Waals surface area (Å²) in [4.78, 5) is 2.56. The second-order valence-electron chi connectivity index (χ2n) is 5.11. The zero-order valence-corrected chi connectivity index (χ0v) is 10.7. The molecular weight excluding hydrogens is 208 g/mol. The highest BCUT2D eigenvalue weighted by molar-refractivity contribution is 5.32. The van der Waals surface area contributed by atoms with Gasteiger partial charge in [0.15, 0.2) is 0 Å². The van der Waals surface area contributed by atoms with Crippen molar-refractivity contribution in [2.24, 2.45) is 0 Å². The summed E-state index contributed by atoms with van der Waals surface area (Å²) in [6.07, 6.45) is 3.93. The van der Waals surface area contributed by atoms with Crippen molar-refractivity contribution in [1.29, 1.82) is 5.26 Å². The molecule has 0 saturated carbocycles. The minimum atomic E-state index is 0.657. The van der Waals surface area contributed by atoms with E-state index in [-0.39, 0.29) is 0 Å². The molecule has 2 unspecified atom stereocenters. The van der Waals surface area contributed by atoms with Crippen LogP contribution in [0.3, 0.4) is 0 Å². The molecule has 1 aliphatic rings. The molecular formula is C15H20N2. The van der Waals surface area contributed by atoms with Gasteiger partial charge in [-0.3, -0.25) is 4.90 Å². The van der Waals surface area contributed by atoms with Crippen LogP contribution in [0.2, 0.25) is 0 Å². The predicted octanol–water partition coefficient (Wildman–Crippen LogP) is 3.32. The summed E-state index contributed by atoms with van der Waals surface area (Å²) in [5, 5.41) is 8.91. The van der Waals surface area contributed by atoms with Gasteiger partial charge in [0.25, 0.3) is 0 Å². The van der Waals surface area contributed by atoms with Crippen LogP contribution in [0.5, 0.6) is 0 Å². The molecule has 1 aromatic carbocycles. The van der Waals surface area contributed by atoms with Gasteiger partial charge in [0.1, 0.15) is 0 Å². The number of rotatable bonds is 2. The maximum Gasteiger partial charge on any atom is 0.0991 e. The van der Waals surface area contributed by atoms with Crippen LogP contribution in [0.15, 0.2) is 24.3 Å². The maximum atomic E-state index is 8.91. The Kier molecular flexibility index (Phi) is 3.81. The standard InChI is InChI=1S/C15H20N2/c1-12-5-3-6-13(2)17(12)11-15-8-4-7-14(9-15)10-16/h4,7-9,12-13H,3,5-6,11H2,1-2H3. The van der Waals surface area contributed by atoms with Crippen LogP contribution in [-0.2, 0) is 6.54 Å². The number of nitrogens with zero attached hydrogens (tertiary/aromatic N) is 2. The van der Waals surface area contributed by atoms with E-state index in [4.69, 9.17) is 5.26 Å². The molecule has 1 fully saturated rings. The van der Waals surface area contributed by atoms with Crippen molar-refractivity contribution in [3.8, 4) is 6.07 Å². The van der Waals surface area contributed by atoms with E-state index in [9.17, 15) is 0 Å². The third-order valence-electron chi connectivity index (χ3n) is 3.80. The average Bonchev–Trinajstić information content (AvgIpc) is 2.34. The Balaban J connectivity index is 2.11. The van der Waals surface area contributed by atoms with Crippen LogP contribution in [0.4, 0.5) is 0 Å². The summed E-state index contributed by atoms with van der Waals surface area (Å²) in [5.41, 5.74) is 2.02. The van der Waals surface area contributed by atoms with Crippen molar-refractivity contribution >= 4 is 0 Å². The van der Waals surface area contributed by atoms with E-state index in [0.29, 0.717) is 12.1 Å². The first-order chi connectivity index (χ1) is 8.20. The van der Waals surface area contributed by atoms with Crippen molar-refractivity contribution in [1.82, 2.24) is 4.90 Å². The highest BCUT2D eigenvalue weighted by Gasteiger charge is 2.24.